The number of hydrogen-bond acceptors (Lipinski definition) is 2. The highest BCUT2D eigenvalue weighted by Crippen LogP contribution is 2.44. The first-order valence-corrected chi connectivity index (χ1v) is 7.17. The summed E-state index contributed by atoms with van der Waals surface area (Å²) >= 11 is 11.5. The van der Waals surface area contributed by atoms with Gasteiger partial charge in [0.05, 0.1) is 16.4 Å². The number of rotatable bonds is 4. The lowest BCUT2D eigenvalue weighted by Crippen LogP contribution is -2.13. The van der Waals surface area contributed by atoms with Crippen molar-refractivity contribution in [2.75, 3.05) is 0 Å². The summed E-state index contributed by atoms with van der Waals surface area (Å²) in [6, 6.07) is 4.33. The molecule has 1 aromatic carbocycles. The first-order valence-electron chi connectivity index (χ1n) is 4.83. The molecule has 0 aromatic heterocycles. The lowest BCUT2D eigenvalue weighted by Gasteiger charge is -2.17. The molecular weight excluding hydrogens is 270 g/mol. The molecule has 0 aliphatic heterocycles. The van der Waals surface area contributed by atoms with Crippen LogP contribution in [0.4, 0.5) is 0 Å². The Morgan fingerprint density at radius 2 is 2.12 bits per heavy atom. The predicted molar refractivity (Wildman–Crippen MR) is 66.8 cm³/mol. The van der Waals surface area contributed by atoms with Crippen molar-refractivity contribution >= 4 is 36.1 Å². The van der Waals surface area contributed by atoms with Gasteiger partial charge in [-0.1, -0.05) is 30.1 Å². The molecule has 2 unspecified atom stereocenters. The minimum atomic E-state index is -3.87. The van der Waals surface area contributed by atoms with E-state index in [1.54, 1.807) is 6.92 Å². The third-order valence-corrected chi connectivity index (χ3v) is 4.44. The van der Waals surface area contributed by atoms with Crippen molar-refractivity contribution in [1.82, 2.24) is 0 Å². The van der Waals surface area contributed by atoms with Gasteiger partial charge in [0.15, 0.2) is 0 Å². The minimum absolute atomic E-state index is 0.0823. The summed E-state index contributed by atoms with van der Waals surface area (Å²) in [4.78, 5) is 9.76. The van der Waals surface area contributed by atoms with E-state index in [0.717, 1.165) is 0 Å². The molecule has 1 rings (SSSR count). The quantitative estimate of drug-likeness (QED) is 0.858. The van der Waals surface area contributed by atoms with E-state index in [-0.39, 0.29) is 16.4 Å². The molecule has 16 heavy (non-hydrogen) atoms. The molecule has 0 bridgehead atoms. The second-order valence-corrected chi connectivity index (χ2v) is 6.02. The van der Waals surface area contributed by atoms with Crippen molar-refractivity contribution in [3.8, 4) is 0 Å². The van der Waals surface area contributed by atoms with Crippen LogP contribution in [0.2, 0.25) is 10.0 Å². The van der Waals surface area contributed by atoms with Crippen LogP contribution in [0.15, 0.2) is 18.2 Å². The monoisotopic (exact) mass is 282 g/mol. The zero-order valence-corrected chi connectivity index (χ0v) is 11.4. The molecule has 0 aliphatic carbocycles. The molecule has 1 N–H and O–H groups in total. The van der Waals surface area contributed by atoms with Crippen LogP contribution in [0, 0.1) is 0 Å². The number of halogens is 2. The normalized spacial score (nSPS) is 16.8. The third kappa shape index (κ3) is 3.47. The van der Waals surface area contributed by atoms with Gasteiger partial charge in [0.1, 0.15) is 0 Å². The van der Waals surface area contributed by atoms with Gasteiger partial charge in [-0.2, -0.15) is 0 Å². The highest BCUT2D eigenvalue weighted by Gasteiger charge is 2.27. The van der Waals surface area contributed by atoms with E-state index in [9.17, 15) is 9.46 Å². The smallest absolute Gasteiger partial charge is 0.321 e. The lowest BCUT2D eigenvalue weighted by atomic mass is 10.3. The van der Waals surface area contributed by atoms with Crippen LogP contribution < -0.4 is 5.30 Å². The molecule has 2 atom stereocenters. The summed E-state index contributed by atoms with van der Waals surface area (Å²) in [6.07, 6.45) is 0.345. The summed E-state index contributed by atoms with van der Waals surface area (Å²) in [5.74, 6) is 0. The van der Waals surface area contributed by atoms with Gasteiger partial charge in [0.2, 0.25) is 0 Å². The Morgan fingerprint density at radius 3 is 2.62 bits per heavy atom. The maximum absolute atomic E-state index is 11.9. The molecule has 90 valence electrons. The largest absolute Gasteiger partial charge is 0.360 e. The molecule has 0 heterocycles. The molecule has 0 saturated heterocycles. The zero-order valence-electron chi connectivity index (χ0n) is 8.98. The Balaban J connectivity index is 3.02. The Hall–Kier alpha value is -0.0500. The molecule has 0 spiro atoms. The Kier molecular flexibility index (Phi) is 4.84. The molecule has 3 nitrogen and oxygen atoms in total. The van der Waals surface area contributed by atoms with E-state index in [1.807, 2.05) is 6.92 Å². The minimum Gasteiger partial charge on any atom is -0.321 e. The Morgan fingerprint density at radius 1 is 1.50 bits per heavy atom. The number of hydrogen-bond donors (Lipinski definition) is 1. The fourth-order valence-corrected chi connectivity index (χ4v) is 3.16. The fraction of sp³-hybridized carbons (Fsp3) is 0.400. The van der Waals surface area contributed by atoms with Gasteiger partial charge in [-0.25, -0.2) is 0 Å². The Labute approximate surface area is 105 Å². The highest BCUT2D eigenvalue weighted by molar-refractivity contribution is 7.61. The van der Waals surface area contributed by atoms with Crippen LogP contribution in [0.1, 0.15) is 20.3 Å². The summed E-state index contributed by atoms with van der Waals surface area (Å²) < 4.78 is 17.0. The second kappa shape index (κ2) is 5.52. The van der Waals surface area contributed by atoms with Gasteiger partial charge in [0, 0.05) is 5.02 Å². The highest BCUT2D eigenvalue weighted by atomic mass is 35.5. The summed E-state index contributed by atoms with van der Waals surface area (Å²) in [5, 5.41) is 0.637. The first-order chi connectivity index (χ1) is 7.36. The van der Waals surface area contributed by atoms with E-state index < -0.39 is 7.60 Å². The van der Waals surface area contributed by atoms with Crippen molar-refractivity contribution in [1.29, 1.82) is 0 Å². The predicted octanol–water partition coefficient (Wildman–Crippen LogP) is 3.62. The summed E-state index contributed by atoms with van der Waals surface area (Å²) in [7, 11) is -3.87. The van der Waals surface area contributed by atoms with Crippen molar-refractivity contribution in [2.45, 2.75) is 26.4 Å². The van der Waals surface area contributed by atoms with E-state index in [1.165, 1.54) is 18.2 Å². The number of benzene rings is 1. The molecule has 1 aromatic rings. The average molecular weight is 283 g/mol. The van der Waals surface area contributed by atoms with Gasteiger partial charge >= 0.3 is 7.60 Å². The molecule has 0 aliphatic rings. The van der Waals surface area contributed by atoms with Crippen molar-refractivity contribution < 1.29 is 14.0 Å². The maximum Gasteiger partial charge on any atom is 0.360 e. The topological polar surface area (TPSA) is 46.5 Å². The van der Waals surface area contributed by atoms with Gasteiger partial charge in [-0.05, 0) is 31.5 Å². The second-order valence-electron chi connectivity index (χ2n) is 3.44. The maximum atomic E-state index is 11.9. The summed E-state index contributed by atoms with van der Waals surface area (Å²) in [5.41, 5.74) is 0. The van der Waals surface area contributed by atoms with Gasteiger partial charge in [-0.3, -0.25) is 4.57 Å². The van der Waals surface area contributed by atoms with E-state index in [4.69, 9.17) is 27.7 Å². The molecule has 0 amide bonds. The molecular formula is C10H13Cl2O3P. The molecule has 6 heteroatoms. The lowest BCUT2D eigenvalue weighted by molar-refractivity contribution is 0.192. The third-order valence-electron chi connectivity index (χ3n) is 2.11. The van der Waals surface area contributed by atoms with Crippen molar-refractivity contribution in [3.05, 3.63) is 28.2 Å². The molecule has 0 radical (unpaired) electrons. The molecule has 0 saturated carbocycles. The molecule has 0 fully saturated rings. The van der Waals surface area contributed by atoms with Crippen LogP contribution >= 0.6 is 30.8 Å². The van der Waals surface area contributed by atoms with Gasteiger partial charge < -0.3 is 9.42 Å². The standard InChI is InChI=1S/C10H13Cl2O3P/c1-3-7(2)15-16(13,14)10-5-4-8(11)6-9(10)12/h4-7H,3H2,1-2H3,(H,13,14). The van der Waals surface area contributed by atoms with E-state index in [0.29, 0.717) is 11.4 Å². The van der Waals surface area contributed by atoms with Crippen molar-refractivity contribution in [2.24, 2.45) is 0 Å². The van der Waals surface area contributed by atoms with Crippen LogP contribution in [0.3, 0.4) is 0 Å². The summed E-state index contributed by atoms with van der Waals surface area (Å²) in [6.45, 7) is 3.60. The van der Waals surface area contributed by atoms with Crippen molar-refractivity contribution in [3.63, 3.8) is 0 Å². The van der Waals surface area contributed by atoms with Crippen LogP contribution in [-0.4, -0.2) is 11.0 Å². The average Bonchev–Trinajstić information content (AvgIpc) is 2.16. The van der Waals surface area contributed by atoms with Crippen LogP contribution in [-0.2, 0) is 9.09 Å². The van der Waals surface area contributed by atoms with Crippen LogP contribution in [0.5, 0.6) is 0 Å². The zero-order chi connectivity index (χ0) is 12.3. The first kappa shape index (κ1) is 14.0. The Bertz CT molecular complexity index is 423. The van der Waals surface area contributed by atoms with E-state index in [2.05, 4.69) is 0 Å². The van der Waals surface area contributed by atoms with Gasteiger partial charge in [-0.15, -0.1) is 0 Å². The SMILES string of the molecule is CCC(C)OP(=O)(O)c1ccc(Cl)cc1Cl. The van der Waals surface area contributed by atoms with Crippen LogP contribution in [0.25, 0.3) is 0 Å². The van der Waals surface area contributed by atoms with E-state index >= 15 is 0 Å². The fourth-order valence-electron chi connectivity index (χ4n) is 1.09. The van der Waals surface area contributed by atoms with Gasteiger partial charge in [0.25, 0.3) is 0 Å².